The maximum absolute atomic E-state index is 9.64. The fourth-order valence-corrected chi connectivity index (χ4v) is 2.46. The third kappa shape index (κ3) is 18.8. The highest BCUT2D eigenvalue weighted by molar-refractivity contribution is 7.47. The summed E-state index contributed by atoms with van der Waals surface area (Å²) >= 11 is 8.98. The highest BCUT2D eigenvalue weighted by Crippen LogP contribution is 2.02. The molecule has 2 rings (SSSR count). The molecule has 0 bridgehead atoms. The number of carboxylic acids is 2. The molecule has 0 saturated heterocycles. The van der Waals surface area contributed by atoms with Crippen LogP contribution in [0.4, 0.5) is 0 Å². The minimum atomic E-state index is -1.08. The molecule has 0 aliphatic rings. The van der Waals surface area contributed by atoms with Crippen molar-refractivity contribution in [1.82, 2.24) is 0 Å². The average molecular weight is 449 g/mol. The van der Waals surface area contributed by atoms with Crippen LogP contribution in [0.3, 0.4) is 0 Å². The minimum Gasteiger partial charge on any atom is -0.481 e. The standard InChI is InChI=1S/2C9H11NS.C4H6O4/c2*11-10-8-4-7-9-5-2-1-3-6-9;5-3(6)1-2-4(7)8/h2*1-3,5-6H,4,7-8H2;1-2H2,(H,5,6)(H,7,8). The van der Waals surface area contributed by atoms with Gasteiger partial charge in [0.2, 0.25) is 0 Å². The molecule has 0 aliphatic heterocycles. The van der Waals surface area contributed by atoms with Gasteiger partial charge in [0.15, 0.2) is 0 Å². The number of benzene rings is 2. The second-order valence-corrected chi connectivity index (χ2v) is 6.69. The largest absolute Gasteiger partial charge is 0.481 e. The Bertz CT molecular complexity index is 665. The first-order valence-corrected chi connectivity index (χ1v) is 10.3. The van der Waals surface area contributed by atoms with Crippen molar-refractivity contribution >= 4 is 36.8 Å². The minimum absolute atomic E-state index is 0.296. The van der Waals surface area contributed by atoms with Gasteiger partial charge in [-0.2, -0.15) is 0 Å². The summed E-state index contributed by atoms with van der Waals surface area (Å²) in [7, 11) is 0. The SMILES string of the molecule is O=C(O)CCC(=O)O.S=NCCCc1ccccc1.S=NCCCc1ccccc1. The van der Waals surface area contributed by atoms with Crippen molar-refractivity contribution in [2.24, 2.45) is 8.73 Å². The highest BCUT2D eigenvalue weighted by atomic mass is 32.1. The molecule has 0 heterocycles. The summed E-state index contributed by atoms with van der Waals surface area (Å²) in [5, 5.41) is 15.8. The molecule has 2 aromatic rings. The molecule has 8 heteroatoms. The number of hydrogen-bond donors (Lipinski definition) is 2. The summed E-state index contributed by atoms with van der Waals surface area (Å²) in [5.74, 6) is -2.15. The Labute approximate surface area is 188 Å². The molecular formula is C22H28N2O4S2. The van der Waals surface area contributed by atoms with Gasteiger partial charge in [-0.05, 0) is 36.8 Å². The number of rotatable bonds is 11. The van der Waals surface area contributed by atoms with E-state index in [1.807, 2.05) is 12.1 Å². The molecule has 2 N–H and O–H groups in total. The van der Waals surface area contributed by atoms with E-state index in [2.05, 4.69) is 82.1 Å². The second-order valence-electron chi connectivity index (χ2n) is 6.17. The molecule has 0 atom stereocenters. The molecule has 2 aromatic carbocycles. The Hall–Kier alpha value is -2.58. The van der Waals surface area contributed by atoms with Gasteiger partial charge < -0.3 is 10.2 Å². The number of hydrogen-bond acceptors (Lipinski definition) is 6. The summed E-state index contributed by atoms with van der Waals surface area (Å²) in [5.41, 5.74) is 2.73. The lowest BCUT2D eigenvalue weighted by Crippen LogP contribution is -2.00. The number of aryl methyl sites for hydroxylation is 2. The zero-order valence-electron chi connectivity index (χ0n) is 16.9. The molecule has 0 radical (unpaired) electrons. The molecule has 0 fully saturated rings. The van der Waals surface area contributed by atoms with E-state index in [1.54, 1.807) is 0 Å². The van der Waals surface area contributed by atoms with Crippen LogP contribution in [0.5, 0.6) is 0 Å². The monoisotopic (exact) mass is 448 g/mol. The molecule has 0 amide bonds. The number of nitrogens with zero attached hydrogens (tertiary/aromatic N) is 2. The van der Waals surface area contributed by atoms with Crippen molar-refractivity contribution in [3.8, 4) is 0 Å². The Kier molecular flexibility index (Phi) is 18.0. The Morgan fingerprint density at radius 3 is 1.27 bits per heavy atom. The molecule has 6 nitrogen and oxygen atoms in total. The molecule has 30 heavy (non-hydrogen) atoms. The third-order valence-corrected chi connectivity index (χ3v) is 4.03. The second kappa shape index (κ2) is 19.7. The van der Waals surface area contributed by atoms with Gasteiger partial charge in [0.1, 0.15) is 0 Å². The summed E-state index contributed by atoms with van der Waals surface area (Å²) in [4.78, 5) is 19.3. The van der Waals surface area contributed by atoms with Gasteiger partial charge in [-0.1, -0.05) is 60.7 Å². The van der Waals surface area contributed by atoms with Crippen molar-refractivity contribution in [1.29, 1.82) is 0 Å². The van der Waals surface area contributed by atoms with Gasteiger partial charge in [0.25, 0.3) is 0 Å². The highest BCUT2D eigenvalue weighted by Gasteiger charge is 2.00. The Morgan fingerprint density at radius 1 is 0.667 bits per heavy atom. The topological polar surface area (TPSA) is 99.3 Å². The lowest BCUT2D eigenvalue weighted by Gasteiger charge is -1.96. The predicted octanol–water partition coefficient (Wildman–Crippen LogP) is 4.64. The molecule has 0 spiro atoms. The van der Waals surface area contributed by atoms with Crippen LogP contribution in [0, 0.1) is 0 Å². The van der Waals surface area contributed by atoms with E-state index >= 15 is 0 Å². The smallest absolute Gasteiger partial charge is 0.303 e. The summed E-state index contributed by atoms with van der Waals surface area (Å²) in [6.07, 6.45) is 3.70. The molecular weight excluding hydrogens is 420 g/mol. The number of carboxylic acid groups (broad SMARTS) is 2. The fraction of sp³-hybridized carbons (Fsp3) is 0.364. The molecule has 0 unspecified atom stereocenters. The lowest BCUT2D eigenvalue weighted by molar-refractivity contribution is -0.143. The lowest BCUT2D eigenvalue weighted by atomic mass is 10.1. The van der Waals surface area contributed by atoms with Gasteiger partial charge in [-0.25, -0.2) is 8.73 Å². The zero-order valence-corrected chi connectivity index (χ0v) is 18.5. The van der Waals surface area contributed by atoms with E-state index in [0.717, 1.165) is 38.8 Å². The van der Waals surface area contributed by atoms with Crippen LogP contribution >= 0.6 is 0 Å². The Morgan fingerprint density at radius 2 is 1.00 bits per heavy atom. The van der Waals surface area contributed by atoms with Gasteiger partial charge in [0, 0.05) is 24.9 Å². The Balaban J connectivity index is 0.000000428. The first kappa shape index (κ1) is 27.4. The van der Waals surface area contributed by atoms with Crippen molar-refractivity contribution < 1.29 is 19.8 Å². The van der Waals surface area contributed by atoms with Gasteiger partial charge in [-0.15, -0.1) is 0 Å². The summed E-state index contributed by atoms with van der Waals surface area (Å²) in [6, 6.07) is 20.8. The van der Waals surface area contributed by atoms with Gasteiger partial charge in [-0.3, -0.25) is 9.59 Å². The van der Waals surface area contributed by atoms with Crippen LogP contribution in [-0.2, 0) is 47.3 Å². The number of carbonyl (C=O) groups is 2. The van der Waals surface area contributed by atoms with Crippen molar-refractivity contribution in [3.63, 3.8) is 0 Å². The quantitative estimate of drug-likeness (QED) is 0.486. The molecule has 0 aromatic heterocycles. The van der Waals surface area contributed by atoms with Gasteiger partial charge >= 0.3 is 11.9 Å². The first-order chi connectivity index (χ1) is 14.5. The van der Waals surface area contributed by atoms with E-state index in [1.165, 1.54) is 11.1 Å². The van der Waals surface area contributed by atoms with E-state index in [-0.39, 0.29) is 12.8 Å². The fourth-order valence-electron chi connectivity index (χ4n) is 2.20. The van der Waals surface area contributed by atoms with E-state index in [4.69, 9.17) is 10.2 Å². The summed E-state index contributed by atoms with van der Waals surface area (Å²) < 4.78 is 7.27. The van der Waals surface area contributed by atoms with Crippen molar-refractivity contribution in [3.05, 3.63) is 71.8 Å². The van der Waals surface area contributed by atoms with Crippen LogP contribution in [-0.4, -0.2) is 35.2 Å². The van der Waals surface area contributed by atoms with Crippen molar-refractivity contribution in [2.75, 3.05) is 13.1 Å². The zero-order chi connectivity index (χ0) is 22.5. The van der Waals surface area contributed by atoms with E-state index in [9.17, 15) is 9.59 Å². The molecule has 0 aliphatic carbocycles. The van der Waals surface area contributed by atoms with E-state index < -0.39 is 11.9 Å². The van der Waals surface area contributed by atoms with Crippen LogP contribution in [0.25, 0.3) is 0 Å². The molecule has 0 saturated carbocycles. The van der Waals surface area contributed by atoms with Crippen LogP contribution in [0.15, 0.2) is 69.4 Å². The third-order valence-electron chi connectivity index (χ3n) is 3.67. The van der Waals surface area contributed by atoms with Crippen molar-refractivity contribution in [2.45, 2.75) is 38.5 Å². The van der Waals surface area contributed by atoms with E-state index in [0.29, 0.717) is 0 Å². The molecule has 162 valence electrons. The normalized spacial score (nSPS) is 9.20. The average Bonchev–Trinajstić information content (AvgIpc) is 2.75. The maximum atomic E-state index is 9.64. The van der Waals surface area contributed by atoms with Crippen LogP contribution in [0.2, 0.25) is 0 Å². The van der Waals surface area contributed by atoms with Gasteiger partial charge in [0.05, 0.1) is 25.9 Å². The van der Waals surface area contributed by atoms with Crippen LogP contribution in [0.1, 0.15) is 36.8 Å². The number of aliphatic carboxylic acids is 2. The maximum Gasteiger partial charge on any atom is 0.303 e. The first-order valence-electron chi connectivity index (χ1n) is 9.59. The predicted molar refractivity (Wildman–Crippen MR) is 123 cm³/mol. The summed E-state index contributed by atoms with van der Waals surface area (Å²) in [6.45, 7) is 1.59. The van der Waals surface area contributed by atoms with Crippen LogP contribution < -0.4 is 0 Å².